The average molecular weight is 215 g/mol. The number of amides is 1. The van der Waals surface area contributed by atoms with Crippen molar-refractivity contribution in [2.75, 3.05) is 13.7 Å². The van der Waals surface area contributed by atoms with Gasteiger partial charge < -0.3 is 10.0 Å². The summed E-state index contributed by atoms with van der Waals surface area (Å²) in [6, 6.07) is -0.135. The Bertz CT molecular complexity index is 223. The van der Waals surface area contributed by atoms with Crippen molar-refractivity contribution in [2.45, 2.75) is 47.6 Å². The number of carbonyl (C=O) groups is 1. The Hall–Kier alpha value is -0.570. The minimum absolute atomic E-state index is 0.00181. The molecule has 0 aliphatic rings. The third kappa shape index (κ3) is 3.82. The van der Waals surface area contributed by atoms with Crippen molar-refractivity contribution in [1.82, 2.24) is 4.90 Å². The van der Waals surface area contributed by atoms with E-state index in [1.165, 1.54) is 0 Å². The Morgan fingerprint density at radius 2 is 1.60 bits per heavy atom. The fourth-order valence-corrected chi connectivity index (χ4v) is 1.65. The third-order valence-corrected chi connectivity index (χ3v) is 2.60. The molecule has 0 aliphatic carbocycles. The second-order valence-corrected chi connectivity index (χ2v) is 6.23. The van der Waals surface area contributed by atoms with Gasteiger partial charge in [-0.3, -0.25) is 4.79 Å². The predicted octanol–water partition coefficient (Wildman–Crippen LogP) is 1.90. The molecule has 0 saturated carbocycles. The standard InChI is InChI=1S/C12H25NO2/c1-11(2,3)9(8-14)13(7)10(15)12(4,5)6/h9,14H,8H2,1-7H3/t9-/m0/s1. The monoisotopic (exact) mass is 215 g/mol. The molecule has 15 heavy (non-hydrogen) atoms. The lowest BCUT2D eigenvalue weighted by Crippen LogP contribution is -2.50. The van der Waals surface area contributed by atoms with E-state index in [1.807, 2.05) is 41.5 Å². The molecular formula is C12H25NO2. The normalized spacial score (nSPS) is 14.9. The fourth-order valence-electron chi connectivity index (χ4n) is 1.65. The molecular weight excluding hydrogens is 190 g/mol. The van der Waals surface area contributed by atoms with Gasteiger partial charge in [-0.2, -0.15) is 0 Å². The molecule has 0 radical (unpaired) electrons. The summed E-state index contributed by atoms with van der Waals surface area (Å²) in [6.07, 6.45) is 0. The zero-order chi connectivity index (χ0) is 12.4. The predicted molar refractivity (Wildman–Crippen MR) is 62.6 cm³/mol. The number of hydrogen-bond donors (Lipinski definition) is 1. The van der Waals surface area contributed by atoms with Crippen molar-refractivity contribution >= 4 is 5.91 Å². The highest BCUT2D eigenvalue weighted by Crippen LogP contribution is 2.26. The van der Waals surface area contributed by atoms with E-state index in [1.54, 1.807) is 11.9 Å². The highest BCUT2D eigenvalue weighted by atomic mass is 16.3. The summed E-state index contributed by atoms with van der Waals surface area (Å²) in [6.45, 7) is 11.8. The zero-order valence-corrected chi connectivity index (χ0v) is 11.1. The molecule has 0 aromatic carbocycles. The van der Waals surface area contributed by atoms with Gasteiger partial charge in [0.05, 0.1) is 12.6 Å². The van der Waals surface area contributed by atoms with Gasteiger partial charge in [-0.25, -0.2) is 0 Å². The fraction of sp³-hybridized carbons (Fsp3) is 0.917. The van der Waals surface area contributed by atoms with Crippen LogP contribution < -0.4 is 0 Å². The highest BCUT2D eigenvalue weighted by molar-refractivity contribution is 5.81. The van der Waals surface area contributed by atoms with E-state index < -0.39 is 5.41 Å². The first-order valence-electron chi connectivity index (χ1n) is 5.40. The average Bonchev–Trinajstić information content (AvgIpc) is 1.99. The molecule has 0 aromatic rings. The molecule has 0 bridgehead atoms. The maximum Gasteiger partial charge on any atom is 0.228 e. The minimum atomic E-state index is -0.395. The van der Waals surface area contributed by atoms with Crippen molar-refractivity contribution < 1.29 is 9.90 Å². The van der Waals surface area contributed by atoms with Crippen LogP contribution in [0.25, 0.3) is 0 Å². The summed E-state index contributed by atoms with van der Waals surface area (Å²) < 4.78 is 0. The van der Waals surface area contributed by atoms with Crippen molar-refractivity contribution in [3.05, 3.63) is 0 Å². The molecule has 3 nitrogen and oxygen atoms in total. The molecule has 0 aliphatic heterocycles. The molecule has 0 fully saturated rings. The smallest absolute Gasteiger partial charge is 0.228 e. The van der Waals surface area contributed by atoms with Gasteiger partial charge in [-0.15, -0.1) is 0 Å². The Balaban J connectivity index is 4.83. The van der Waals surface area contributed by atoms with Gasteiger partial charge in [0, 0.05) is 12.5 Å². The van der Waals surface area contributed by atoms with Crippen LogP contribution in [0.4, 0.5) is 0 Å². The molecule has 1 N–H and O–H groups in total. The van der Waals surface area contributed by atoms with E-state index in [0.29, 0.717) is 0 Å². The van der Waals surface area contributed by atoms with Crippen molar-refractivity contribution in [3.8, 4) is 0 Å². The van der Waals surface area contributed by atoms with Crippen LogP contribution in [0.2, 0.25) is 0 Å². The van der Waals surface area contributed by atoms with Crippen LogP contribution >= 0.6 is 0 Å². The second-order valence-electron chi connectivity index (χ2n) is 6.23. The summed E-state index contributed by atoms with van der Waals surface area (Å²) in [5.41, 5.74) is -0.502. The Kier molecular flexibility index (Phi) is 4.35. The van der Waals surface area contributed by atoms with Crippen molar-refractivity contribution in [1.29, 1.82) is 0 Å². The molecule has 1 amide bonds. The molecule has 0 heterocycles. The number of carbonyl (C=O) groups excluding carboxylic acids is 1. The SMILES string of the molecule is CN(C(=O)C(C)(C)C)[C@@H](CO)C(C)(C)C. The molecule has 3 heteroatoms. The molecule has 90 valence electrons. The van der Waals surface area contributed by atoms with Gasteiger partial charge in [0.25, 0.3) is 0 Å². The Morgan fingerprint density at radius 3 is 1.80 bits per heavy atom. The third-order valence-electron chi connectivity index (χ3n) is 2.60. The quantitative estimate of drug-likeness (QED) is 0.764. The van der Waals surface area contributed by atoms with Crippen LogP contribution in [-0.2, 0) is 4.79 Å². The number of likely N-dealkylation sites (N-methyl/N-ethyl adjacent to an activating group) is 1. The lowest BCUT2D eigenvalue weighted by Gasteiger charge is -2.39. The van der Waals surface area contributed by atoms with Gasteiger partial charge >= 0.3 is 0 Å². The molecule has 1 atom stereocenters. The van der Waals surface area contributed by atoms with Crippen LogP contribution in [0, 0.1) is 10.8 Å². The van der Waals surface area contributed by atoms with Crippen molar-refractivity contribution in [2.24, 2.45) is 10.8 Å². The highest BCUT2D eigenvalue weighted by Gasteiger charge is 2.34. The Labute approximate surface area is 93.5 Å². The summed E-state index contributed by atoms with van der Waals surface area (Å²) in [4.78, 5) is 13.7. The van der Waals surface area contributed by atoms with Gasteiger partial charge in [0.1, 0.15) is 0 Å². The van der Waals surface area contributed by atoms with Gasteiger partial charge in [-0.05, 0) is 5.41 Å². The first-order chi connectivity index (χ1) is 6.51. The van der Waals surface area contributed by atoms with Crippen LogP contribution in [0.15, 0.2) is 0 Å². The zero-order valence-electron chi connectivity index (χ0n) is 11.1. The maximum absolute atomic E-state index is 12.0. The molecule has 0 saturated heterocycles. The second kappa shape index (κ2) is 4.52. The maximum atomic E-state index is 12.0. The lowest BCUT2D eigenvalue weighted by molar-refractivity contribution is -0.143. The number of aliphatic hydroxyl groups is 1. The lowest BCUT2D eigenvalue weighted by atomic mass is 9.84. The number of hydrogen-bond acceptors (Lipinski definition) is 2. The van der Waals surface area contributed by atoms with Gasteiger partial charge in [-0.1, -0.05) is 41.5 Å². The summed E-state index contributed by atoms with van der Waals surface area (Å²) in [7, 11) is 1.76. The topological polar surface area (TPSA) is 40.5 Å². The Morgan fingerprint density at radius 1 is 1.20 bits per heavy atom. The van der Waals surface area contributed by atoms with Crippen LogP contribution in [0.1, 0.15) is 41.5 Å². The van der Waals surface area contributed by atoms with E-state index in [4.69, 9.17) is 0 Å². The number of nitrogens with zero attached hydrogens (tertiary/aromatic N) is 1. The first-order valence-corrected chi connectivity index (χ1v) is 5.40. The van der Waals surface area contributed by atoms with Crippen LogP contribution in [0.3, 0.4) is 0 Å². The van der Waals surface area contributed by atoms with E-state index >= 15 is 0 Å². The molecule has 0 spiro atoms. The number of rotatable bonds is 2. The van der Waals surface area contributed by atoms with E-state index in [0.717, 1.165) is 0 Å². The van der Waals surface area contributed by atoms with Gasteiger partial charge in [0.2, 0.25) is 5.91 Å². The van der Waals surface area contributed by atoms with E-state index in [2.05, 4.69) is 0 Å². The molecule has 0 rings (SSSR count). The first kappa shape index (κ1) is 14.4. The largest absolute Gasteiger partial charge is 0.394 e. The summed E-state index contributed by atoms with van der Waals surface area (Å²) >= 11 is 0. The molecule has 0 unspecified atom stereocenters. The van der Waals surface area contributed by atoms with Crippen molar-refractivity contribution in [3.63, 3.8) is 0 Å². The number of aliphatic hydroxyl groups excluding tert-OH is 1. The van der Waals surface area contributed by atoms with Crippen LogP contribution in [-0.4, -0.2) is 35.6 Å². The van der Waals surface area contributed by atoms with Gasteiger partial charge in [0.15, 0.2) is 0 Å². The summed E-state index contributed by atoms with van der Waals surface area (Å²) in [5, 5.41) is 9.35. The van der Waals surface area contributed by atoms with E-state index in [-0.39, 0.29) is 24.0 Å². The summed E-state index contributed by atoms with van der Waals surface area (Å²) in [5.74, 6) is 0.0662. The van der Waals surface area contributed by atoms with Crippen LogP contribution in [0.5, 0.6) is 0 Å². The van der Waals surface area contributed by atoms with E-state index in [9.17, 15) is 9.90 Å². The molecule has 0 aromatic heterocycles. The minimum Gasteiger partial charge on any atom is -0.394 e.